The Morgan fingerprint density at radius 1 is 1.26 bits per heavy atom. The zero-order valence-corrected chi connectivity index (χ0v) is 12.3. The molecule has 0 aromatic carbocycles. The molecule has 2 aliphatic rings. The Morgan fingerprint density at radius 3 is 2.58 bits per heavy atom. The molecule has 0 spiro atoms. The zero-order chi connectivity index (χ0) is 13.9. The second kappa shape index (κ2) is 6.09. The van der Waals surface area contributed by atoms with Crippen molar-refractivity contribution in [2.75, 3.05) is 19.6 Å². The van der Waals surface area contributed by atoms with Crippen LogP contribution in [-0.2, 0) is 4.74 Å². The molecule has 2 fully saturated rings. The predicted molar refractivity (Wildman–Crippen MR) is 75.2 cm³/mol. The van der Waals surface area contributed by atoms with Crippen molar-refractivity contribution in [3.8, 4) is 0 Å². The topological polar surface area (TPSA) is 62.4 Å². The van der Waals surface area contributed by atoms with Gasteiger partial charge in [-0.25, -0.2) is 4.79 Å². The molecule has 1 heterocycles. The van der Waals surface area contributed by atoms with Gasteiger partial charge >= 0.3 is 6.09 Å². The predicted octanol–water partition coefficient (Wildman–Crippen LogP) is 1.24. The number of rotatable bonds is 4. The van der Waals surface area contributed by atoms with E-state index in [-0.39, 0.29) is 12.1 Å². The van der Waals surface area contributed by atoms with E-state index in [1.807, 2.05) is 20.8 Å². The number of ether oxygens (including phenoxy) is 1. The molecule has 2 atom stereocenters. The smallest absolute Gasteiger partial charge is 0.407 e. The quantitative estimate of drug-likeness (QED) is 0.718. The molecule has 1 saturated heterocycles. The van der Waals surface area contributed by atoms with Gasteiger partial charge < -0.3 is 20.7 Å². The molecule has 3 N–H and O–H groups in total. The molecule has 2 unspecified atom stereocenters. The van der Waals surface area contributed by atoms with Crippen LogP contribution in [-0.4, -0.2) is 43.4 Å². The van der Waals surface area contributed by atoms with Crippen molar-refractivity contribution < 1.29 is 9.53 Å². The summed E-state index contributed by atoms with van der Waals surface area (Å²) in [7, 11) is 0. The van der Waals surface area contributed by atoms with Crippen molar-refractivity contribution in [3.63, 3.8) is 0 Å². The number of hydrogen-bond donors (Lipinski definition) is 3. The van der Waals surface area contributed by atoms with Gasteiger partial charge in [0.15, 0.2) is 0 Å². The van der Waals surface area contributed by atoms with Crippen LogP contribution in [0.5, 0.6) is 0 Å². The van der Waals surface area contributed by atoms with Gasteiger partial charge in [-0.1, -0.05) is 0 Å². The Morgan fingerprint density at radius 2 is 1.95 bits per heavy atom. The SMILES string of the molecule is CC(C)(C)OC(=O)NC1CC1NCC1CCNCC1. The van der Waals surface area contributed by atoms with E-state index >= 15 is 0 Å². The molecule has 0 radical (unpaired) electrons. The molecule has 1 aliphatic heterocycles. The van der Waals surface area contributed by atoms with E-state index in [9.17, 15) is 4.79 Å². The third kappa shape index (κ3) is 5.37. The lowest BCUT2D eigenvalue weighted by Gasteiger charge is -2.23. The van der Waals surface area contributed by atoms with E-state index in [1.54, 1.807) is 0 Å². The van der Waals surface area contributed by atoms with Gasteiger partial charge in [0.2, 0.25) is 0 Å². The van der Waals surface area contributed by atoms with Crippen LogP contribution in [0.1, 0.15) is 40.0 Å². The van der Waals surface area contributed by atoms with Crippen molar-refractivity contribution in [1.82, 2.24) is 16.0 Å². The highest BCUT2D eigenvalue weighted by Gasteiger charge is 2.39. The van der Waals surface area contributed by atoms with Crippen molar-refractivity contribution >= 4 is 6.09 Å². The van der Waals surface area contributed by atoms with E-state index in [0.717, 1.165) is 32.0 Å². The van der Waals surface area contributed by atoms with Crippen molar-refractivity contribution in [2.24, 2.45) is 5.92 Å². The minimum Gasteiger partial charge on any atom is -0.444 e. The first-order valence-electron chi connectivity index (χ1n) is 7.37. The molecular formula is C14H27N3O2. The number of nitrogens with one attached hydrogen (secondary N) is 3. The molecule has 1 amide bonds. The van der Waals surface area contributed by atoms with Crippen LogP contribution in [0.3, 0.4) is 0 Å². The fourth-order valence-electron chi connectivity index (χ4n) is 2.44. The number of hydrogen-bond acceptors (Lipinski definition) is 4. The summed E-state index contributed by atoms with van der Waals surface area (Å²) in [6.07, 6.45) is 3.22. The highest BCUT2D eigenvalue weighted by atomic mass is 16.6. The molecule has 19 heavy (non-hydrogen) atoms. The van der Waals surface area contributed by atoms with E-state index in [1.165, 1.54) is 12.8 Å². The Hall–Kier alpha value is -0.810. The van der Waals surface area contributed by atoms with Crippen molar-refractivity contribution in [1.29, 1.82) is 0 Å². The van der Waals surface area contributed by atoms with Crippen molar-refractivity contribution in [3.05, 3.63) is 0 Å². The minimum absolute atomic E-state index is 0.247. The number of alkyl carbamates (subject to hydrolysis) is 1. The van der Waals surface area contributed by atoms with Crippen LogP contribution in [0.25, 0.3) is 0 Å². The van der Waals surface area contributed by atoms with Crippen LogP contribution in [0.4, 0.5) is 4.79 Å². The summed E-state index contributed by atoms with van der Waals surface area (Å²) in [6.45, 7) is 8.98. The Kier molecular flexibility index (Phi) is 4.68. The second-order valence-electron chi connectivity index (χ2n) is 6.70. The number of piperidine rings is 1. The Balaban J connectivity index is 1.58. The fourth-order valence-corrected chi connectivity index (χ4v) is 2.44. The van der Waals surface area contributed by atoms with Gasteiger partial charge in [-0.3, -0.25) is 0 Å². The zero-order valence-electron chi connectivity index (χ0n) is 12.3. The van der Waals surface area contributed by atoms with E-state index in [2.05, 4.69) is 16.0 Å². The number of carbonyl (C=O) groups excluding carboxylic acids is 1. The van der Waals surface area contributed by atoms with Gasteiger partial charge in [0.05, 0.1) is 0 Å². The van der Waals surface area contributed by atoms with Crippen LogP contribution in [0.2, 0.25) is 0 Å². The lowest BCUT2D eigenvalue weighted by atomic mass is 9.98. The Labute approximate surface area is 115 Å². The minimum atomic E-state index is -0.420. The normalized spacial score (nSPS) is 27.9. The summed E-state index contributed by atoms with van der Waals surface area (Å²) in [6, 6.07) is 0.680. The van der Waals surface area contributed by atoms with Crippen LogP contribution < -0.4 is 16.0 Å². The van der Waals surface area contributed by atoms with Crippen molar-refractivity contribution in [2.45, 2.75) is 57.7 Å². The third-order valence-corrected chi connectivity index (χ3v) is 3.62. The van der Waals surface area contributed by atoms with Gasteiger partial charge in [-0.05, 0) is 65.6 Å². The lowest BCUT2D eigenvalue weighted by molar-refractivity contribution is 0.0522. The molecule has 0 bridgehead atoms. The highest BCUT2D eigenvalue weighted by molar-refractivity contribution is 5.68. The first-order valence-corrected chi connectivity index (χ1v) is 7.37. The maximum atomic E-state index is 11.6. The van der Waals surface area contributed by atoms with Gasteiger partial charge in [-0.2, -0.15) is 0 Å². The molecule has 2 rings (SSSR count). The van der Waals surface area contributed by atoms with Gasteiger partial charge in [0.1, 0.15) is 5.60 Å². The van der Waals surface area contributed by atoms with Crippen LogP contribution >= 0.6 is 0 Å². The molecule has 0 aromatic heterocycles. The first-order chi connectivity index (χ1) is 8.94. The molecular weight excluding hydrogens is 242 g/mol. The summed E-state index contributed by atoms with van der Waals surface area (Å²) in [5, 5.41) is 9.83. The number of carbonyl (C=O) groups is 1. The summed E-state index contributed by atoms with van der Waals surface area (Å²) < 4.78 is 5.25. The second-order valence-corrected chi connectivity index (χ2v) is 6.70. The fraction of sp³-hybridized carbons (Fsp3) is 0.929. The average Bonchev–Trinajstić information content (AvgIpc) is 3.03. The molecule has 0 aromatic rings. The third-order valence-electron chi connectivity index (χ3n) is 3.62. The van der Waals surface area contributed by atoms with E-state index in [4.69, 9.17) is 4.74 Å². The lowest BCUT2D eigenvalue weighted by Crippen LogP contribution is -2.38. The molecule has 5 nitrogen and oxygen atoms in total. The standard InChI is InChI=1S/C14H27N3O2/c1-14(2,3)19-13(18)17-12-8-11(12)16-9-10-4-6-15-7-5-10/h10-12,15-16H,4-9H2,1-3H3,(H,17,18). The summed E-state index contributed by atoms with van der Waals surface area (Å²) in [5.41, 5.74) is -0.420. The summed E-state index contributed by atoms with van der Waals surface area (Å²) in [5.74, 6) is 0.782. The molecule has 110 valence electrons. The monoisotopic (exact) mass is 269 g/mol. The molecule has 1 aliphatic carbocycles. The largest absolute Gasteiger partial charge is 0.444 e. The highest BCUT2D eigenvalue weighted by Crippen LogP contribution is 2.23. The van der Waals surface area contributed by atoms with Gasteiger partial charge in [0, 0.05) is 12.1 Å². The first kappa shape index (κ1) is 14.6. The maximum absolute atomic E-state index is 11.6. The summed E-state index contributed by atoms with van der Waals surface area (Å²) >= 11 is 0. The molecule has 1 saturated carbocycles. The van der Waals surface area contributed by atoms with Crippen LogP contribution in [0, 0.1) is 5.92 Å². The van der Waals surface area contributed by atoms with E-state index < -0.39 is 5.60 Å². The molecule has 5 heteroatoms. The van der Waals surface area contributed by atoms with Crippen LogP contribution in [0.15, 0.2) is 0 Å². The Bertz CT molecular complexity index is 308. The summed E-state index contributed by atoms with van der Waals surface area (Å²) in [4.78, 5) is 11.6. The van der Waals surface area contributed by atoms with Gasteiger partial charge in [0.25, 0.3) is 0 Å². The maximum Gasteiger partial charge on any atom is 0.407 e. The number of amides is 1. The van der Waals surface area contributed by atoms with Gasteiger partial charge in [-0.15, -0.1) is 0 Å². The van der Waals surface area contributed by atoms with E-state index in [0.29, 0.717) is 6.04 Å². The average molecular weight is 269 g/mol.